The number of imidazole rings is 1. The Labute approximate surface area is 119 Å². The number of carboxylic acids is 1. The summed E-state index contributed by atoms with van der Waals surface area (Å²) in [6.07, 6.45) is 4.81. The molecule has 4 heteroatoms. The van der Waals surface area contributed by atoms with Gasteiger partial charge in [-0.25, -0.2) is 9.13 Å². The highest BCUT2D eigenvalue weighted by atomic mass is 16.4. The Morgan fingerprint density at radius 1 is 1.35 bits per heavy atom. The molecule has 1 atom stereocenters. The normalized spacial score (nSPS) is 12.3. The highest BCUT2D eigenvalue weighted by molar-refractivity contribution is 5.66. The maximum absolute atomic E-state index is 10.9. The summed E-state index contributed by atoms with van der Waals surface area (Å²) in [5.74, 6) is -0.366. The molecule has 106 valence electrons. The van der Waals surface area contributed by atoms with Crippen LogP contribution in [0.1, 0.15) is 25.2 Å². The summed E-state index contributed by atoms with van der Waals surface area (Å²) in [6.45, 7) is 5.01. The van der Waals surface area contributed by atoms with Gasteiger partial charge in [-0.1, -0.05) is 44.2 Å². The molecule has 0 saturated heterocycles. The Morgan fingerprint density at radius 3 is 2.65 bits per heavy atom. The van der Waals surface area contributed by atoms with Gasteiger partial charge in [0.1, 0.15) is 18.9 Å². The van der Waals surface area contributed by atoms with Crippen molar-refractivity contribution in [3.8, 4) is 0 Å². The summed E-state index contributed by atoms with van der Waals surface area (Å²) in [4.78, 5) is 10.9. The number of hydrogen-bond donors (Lipinski definition) is 0. The van der Waals surface area contributed by atoms with Crippen molar-refractivity contribution in [2.75, 3.05) is 0 Å². The molecule has 4 nitrogen and oxygen atoms in total. The lowest BCUT2D eigenvalue weighted by Crippen LogP contribution is -2.38. The highest BCUT2D eigenvalue weighted by Crippen LogP contribution is 2.05. The molecule has 0 bridgehead atoms. The summed E-state index contributed by atoms with van der Waals surface area (Å²) in [5, 5.41) is 10.9. The van der Waals surface area contributed by atoms with Gasteiger partial charge in [0.05, 0.1) is 6.54 Å². The standard InChI is InChI=1S/C16H20N2O2/c1-3-15-17(11-13(2)16(19)20)9-10-18(15)12-14-7-5-4-6-8-14/h4-10,13H,3,11-12H2,1-2H3. The molecule has 0 spiro atoms. The molecular formula is C16H20N2O2. The number of aliphatic carboxylic acids is 1. The van der Waals surface area contributed by atoms with Crippen molar-refractivity contribution in [3.63, 3.8) is 0 Å². The predicted octanol–water partition coefficient (Wildman–Crippen LogP) is 0.772. The van der Waals surface area contributed by atoms with Gasteiger partial charge in [0, 0.05) is 18.3 Å². The van der Waals surface area contributed by atoms with E-state index in [4.69, 9.17) is 0 Å². The fourth-order valence-corrected chi connectivity index (χ4v) is 2.36. The zero-order valence-corrected chi connectivity index (χ0v) is 12.0. The Balaban J connectivity index is 2.19. The number of aromatic nitrogens is 2. The second-order valence-electron chi connectivity index (χ2n) is 5.05. The van der Waals surface area contributed by atoms with Crippen LogP contribution >= 0.6 is 0 Å². The zero-order valence-electron chi connectivity index (χ0n) is 12.0. The Bertz CT molecular complexity index is 575. The Hall–Kier alpha value is -2.10. The van der Waals surface area contributed by atoms with Crippen LogP contribution in [0.25, 0.3) is 0 Å². The summed E-state index contributed by atoms with van der Waals surface area (Å²) < 4.78 is 4.17. The van der Waals surface area contributed by atoms with E-state index in [0.717, 1.165) is 18.8 Å². The van der Waals surface area contributed by atoms with Crippen molar-refractivity contribution in [3.05, 3.63) is 54.1 Å². The molecule has 0 saturated carbocycles. The maximum atomic E-state index is 10.9. The molecule has 2 rings (SSSR count). The number of rotatable bonds is 6. The average Bonchev–Trinajstić information content (AvgIpc) is 2.81. The SMILES string of the molecule is CCc1n(CC(C)C(=O)[O-])cc[n+]1Cc1ccccc1. The van der Waals surface area contributed by atoms with E-state index in [-0.39, 0.29) is 0 Å². The van der Waals surface area contributed by atoms with Crippen molar-refractivity contribution in [2.24, 2.45) is 5.92 Å². The van der Waals surface area contributed by atoms with Gasteiger partial charge in [0.2, 0.25) is 0 Å². The monoisotopic (exact) mass is 272 g/mol. The van der Waals surface area contributed by atoms with Crippen molar-refractivity contribution >= 4 is 5.97 Å². The number of nitrogens with zero attached hydrogens (tertiary/aromatic N) is 2. The summed E-state index contributed by atoms with van der Waals surface area (Å²) in [6, 6.07) is 10.2. The first kappa shape index (κ1) is 14.3. The topological polar surface area (TPSA) is 48.9 Å². The number of hydrogen-bond acceptors (Lipinski definition) is 2. The summed E-state index contributed by atoms with van der Waals surface area (Å²) >= 11 is 0. The van der Waals surface area contributed by atoms with Gasteiger partial charge in [-0.3, -0.25) is 0 Å². The molecule has 0 aliphatic carbocycles. The highest BCUT2D eigenvalue weighted by Gasteiger charge is 2.17. The second kappa shape index (κ2) is 6.37. The lowest BCUT2D eigenvalue weighted by atomic mass is 10.2. The number of carboxylic acid groups (broad SMARTS) is 1. The molecule has 0 amide bonds. The number of carbonyl (C=O) groups excluding carboxylic acids is 1. The van der Waals surface area contributed by atoms with Crippen molar-refractivity contribution < 1.29 is 14.5 Å². The van der Waals surface area contributed by atoms with Gasteiger partial charge in [-0.05, 0) is 5.56 Å². The van der Waals surface area contributed by atoms with Crippen molar-refractivity contribution in [1.29, 1.82) is 0 Å². The minimum absolute atomic E-state index is 0.452. The van der Waals surface area contributed by atoms with Gasteiger partial charge in [0.25, 0.3) is 5.82 Å². The third-order valence-corrected chi connectivity index (χ3v) is 3.47. The molecule has 0 radical (unpaired) electrons. The van der Waals surface area contributed by atoms with Crippen molar-refractivity contribution in [1.82, 2.24) is 4.57 Å². The Kier molecular flexibility index (Phi) is 4.56. The van der Waals surface area contributed by atoms with Gasteiger partial charge in [-0.2, -0.15) is 0 Å². The molecule has 20 heavy (non-hydrogen) atoms. The first-order valence-corrected chi connectivity index (χ1v) is 6.94. The third kappa shape index (κ3) is 3.26. The molecule has 0 aliphatic heterocycles. The molecule has 1 aromatic heterocycles. The molecule has 1 unspecified atom stereocenters. The van der Waals surface area contributed by atoms with E-state index in [0.29, 0.717) is 6.54 Å². The van der Waals surface area contributed by atoms with Gasteiger partial charge >= 0.3 is 0 Å². The van der Waals surface area contributed by atoms with Crippen LogP contribution in [-0.2, 0) is 24.3 Å². The van der Waals surface area contributed by atoms with Gasteiger partial charge < -0.3 is 9.90 Å². The number of benzene rings is 1. The molecule has 2 aromatic rings. The van der Waals surface area contributed by atoms with Gasteiger partial charge in [0.15, 0.2) is 0 Å². The lowest BCUT2D eigenvalue weighted by molar-refractivity contribution is -0.695. The molecule has 0 N–H and O–H groups in total. The molecular weight excluding hydrogens is 252 g/mol. The molecule has 0 aliphatic rings. The average molecular weight is 272 g/mol. The van der Waals surface area contributed by atoms with Crippen LogP contribution in [0.3, 0.4) is 0 Å². The van der Waals surface area contributed by atoms with Crippen LogP contribution in [0.4, 0.5) is 0 Å². The van der Waals surface area contributed by atoms with E-state index in [2.05, 4.69) is 23.6 Å². The maximum Gasteiger partial charge on any atom is 0.256 e. The number of carbonyl (C=O) groups is 1. The van der Waals surface area contributed by atoms with E-state index < -0.39 is 11.9 Å². The quantitative estimate of drug-likeness (QED) is 0.729. The van der Waals surface area contributed by atoms with E-state index in [1.54, 1.807) is 6.92 Å². The van der Waals surface area contributed by atoms with Crippen LogP contribution in [0.5, 0.6) is 0 Å². The first-order valence-electron chi connectivity index (χ1n) is 6.94. The van der Waals surface area contributed by atoms with Crippen molar-refractivity contribution in [2.45, 2.75) is 33.4 Å². The molecule has 1 heterocycles. The van der Waals surface area contributed by atoms with Gasteiger partial charge in [-0.15, -0.1) is 0 Å². The van der Waals surface area contributed by atoms with Crippen LogP contribution in [0.15, 0.2) is 42.7 Å². The van der Waals surface area contributed by atoms with Crippen LogP contribution in [0, 0.1) is 5.92 Å². The van der Waals surface area contributed by atoms with E-state index in [1.165, 1.54) is 5.56 Å². The van der Waals surface area contributed by atoms with E-state index >= 15 is 0 Å². The fraction of sp³-hybridized carbons (Fsp3) is 0.375. The summed E-state index contributed by atoms with van der Waals surface area (Å²) in [7, 11) is 0. The van der Waals surface area contributed by atoms with Crippen LogP contribution < -0.4 is 9.67 Å². The fourth-order valence-electron chi connectivity index (χ4n) is 2.36. The third-order valence-electron chi connectivity index (χ3n) is 3.47. The predicted molar refractivity (Wildman–Crippen MR) is 73.7 cm³/mol. The lowest BCUT2D eigenvalue weighted by Gasteiger charge is -2.11. The molecule has 1 aromatic carbocycles. The summed E-state index contributed by atoms with van der Waals surface area (Å²) in [5.41, 5.74) is 1.23. The zero-order chi connectivity index (χ0) is 14.5. The van der Waals surface area contributed by atoms with E-state index in [1.807, 2.05) is 35.2 Å². The minimum Gasteiger partial charge on any atom is -0.550 e. The van der Waals surface area contributed by atoms with E-state index in [9.17, 15) is 9.90 Å². The largest absolute Gasteiger partial charge is 0.550 e. The minimum atomic E-state index is -1.00. The smallest absolute Gasteiger partial charge is 0.256 e. The second-order valence-corrected chi connectivity index (χ2v) is 5.05. The Morgan fingerprint density at radius 2 is 2.05 bits per heavy atom. The molecule has 0 fully saturated rings. The van der Waals surface area contributed by atoms with Crippen LogP contribution in [0.2, 0.25) is 0 Å². The first-order chi connectivity index (χ1) is 9.61. The van der Waals surface area contributed by atoms with Crippen LogP contribution in [-0.4, -0.2) is 10.5 Å².